The Labute approximate surface area is 217 Å². The van der Waals surface area contributed by atoms with Crippen molar-refractivity contribution >= 4 is 11.6 Å². The van der Waals surface area contributed by atoms with Crippen molar-refractivity contribution in [3.63, 3.8) is 0 Å². The van der Waals surface area contributed by atoms with Crippen LogP contribution in [0.15, 0.2) is 0 Å². The number of hydrogen-bond acceptors (Lipinski definition) is 9. The smallest absolute Gasteiger partial charge is 0.0704 e. The zero-order valence-electron chi connectivity index (χ0n) is 21.7. The molecule has 1 aliphatic rings. The van der Waals surface area contributed by atoms with E-state index in [1.54, 1.807) is 0 Å². The van der Waals surface area contributed by atoms with Crippen molar-refractivity contribution in [2.24, 2.45) is 0 Å². The van der Waals surface area contributed by atoms with E-state index in [9.17, 15) is 0 Å². The number of halogens is 1. The van der Waals surface area contributed by atoms with Gasteiger partial charge in [-0.05, 0) is 38.8 Å². The molecule has 10 heteroatoms. The Bertz CT molecular complexity index is 406. The zero-order chi connectivity index (χ0) is 24.9. The molecule has 0 aromatic carbocycles. The lowest BCUT2D eigenvalue weighted by Gasteiger charge is -2.22. The minimum Gasteiger partial charge on any atom is -0.379 e. The fourth-order valence-corrected chi connectivity index (χ4v) is 3.50. The highest BCUT2D eigenvalue weighted by Gasteiger charge is 2.12. The van der Waals surface area contributed by atoms with Crippen LogP contribution in [-0.2, 0) is 37.9 Å². The third kappa shape index (κ3) is 25.4. The summed E-state index contributed by atoms with van der Waals surface area (Å²) in [7, 11) is 0. The molecule has 1 fully saturated rings. The predicted octanol–water partition coefficient (Wildman–Crippen LogP) is 2.67. The largest absolute Gasteiger partial charge is 0.379 e. The second-order valence-corrected chi connectivity index (χ2v) is 8.59. The Morgan fingerprint density at radius 1 is 0.457 bits per heavy atom. The summed E-state index contributed by atoms with van der Waals surface area (Å²) in [5, 5.41) is 3.33. The van der Waals surface area contributed by atoms with Gasteiger partial charge in [0, 0.05) is 12.5 Å². The van der Waals surface area contributed by atoms with E-state index in [1.165, 1.54) is 12.8 Å². The van der Waals surface area contributed by atoms with Gasteiger partial charge in [-0.3, -0.25) is 0 Å². The Balaban J connectivity index is 1.61. The molecule has 1 saturated heterocycles. The summed E-state index contributed by atoms with van der Waals surface area (Å²) in [6.45, 7) is 10.9. The monoisotopic (exact) mass is 527 g/mol. The molecule has 0 amide bonds. The lowest BCUT2D eigenvalue weighted by atomic mass is 10.1. The highest BCUT2D eigenvalue weighted by atomic mass is 35.5. The van der Waals surface area contributed by atoms with Crippen molar-refractivity contribution in [2.75, 3.05) is 118 Å². The number of rotatable bonds is 28. The van der Waals surface area contributed by atoms with Gasteiger partial charge in [-0.2, -0.15) is 0 Å². The molecule has 0 spiro atoms. The summed E-state index contributed by atoms with van der Waals surface area (Å²) in [4.78, 5) is 0. The van der Waals surface area contributed by atoms with E-state index < -0.39 is 0 Å². The molecule has 1 rings (SSSR count). The number of piperidine rings is 1. The summed E-state index contributed by atoms with van der Waals surface area (Å²) in [5.41, 5.74) is 0. The van der Waals surface area contributed by atoms with Crippen LogP contribution in [0.25, 0.3) is 0 Å². The van der Waals surface area contributed by atoms with Gasteiger partial charge in [-0.15, -0.1) is 11.6 Å². The third-order valence-electron chi connectivity index (χ3n) is 5.27. The van der Waals surface area contributed by atoms with Crippen LogP contribution in [0.5, 0.6) is 0 Å². The number of ether oxygens (including phenoxy) is 8. The lowest BCUT2D eigenvalue weighted by Crippen LogP contribution is -2.33. The topological polar surface area (TPSA) is 85.9 Å². The van der Waals surface area contributed by atoms with E-state index in [2.05, 4.69) is 5.32 Å². The summed E-state index contributed by atoms with van der Waals surface area (Å²) in [6.07, 6.45) is 7.09. The van der Waals surface area contributed by atoms with Crippen LogP contribution in [0.4, 0.5) is 0 Å². The van der Waals surface area contributed by atoms with Crippen LogP contribution in [0.3, 0.4) is 0 Å². The van der Waals surface area contributed by atoms with E-state index in [-0.39, 0.29) is 0 Å². The maximum absolute atomic E-state index is 5.78. The Morgan fingerprint density at radius 2 is 0.829 bits per heavy atom. The number of hydrogen-bond donors (Lipinski definition) is 1. The maximum atomic E-state index is 5.78. The van der Waals surface area contributed by atoms with Crippen molar-refractivity contribution in [1.29, 1.82) is 0 Å². The fraction of sp³-hybridized carbons (Fsp3) is 1.00. The normalized spacial score (nSPS) is 14.7. The van der Waals surface area contributed by atoms with Crippen molar-refractivity contribution < 1.29 is 37.9 Å². The lowest BCUT2D eigenvalue weighted by molar-refractivity contribution is -0.0313. The molecule has 1 N–H and O–H groups in total. The first kappa shape index (κ1) is 33.0. The van der Waals surface area contributed by atoms with Crippen molar-refractivity contribution in [1.82, 2.24) is 5.32 Å². The molecule has 0 aromatic rings. The summed E-state index contributed by atoms with van der Waals surface area (Å²) < 4.78 is 44.2. The van der Waals surface area contributed by atoms with E-state index in [1.807, 2.05) is 0 Å². The SMILES string of the molecule is ClCCCCCCOCCOCCOCCOCCOCCOCCOCCOC1CCNCC1. The highest BCUT2D eigenvalue weighted by molar-refractivity contribution is 6.17. The van der Waals surface area contributed by atoms with Crippen LogP contribution in [0.2, 0.25) is 0 Å². The molecular formula is C25H50ClNO8. The van der Waals surface area contributed by atoms with Gasteiger partial charge >= 0.3 is 0 Å². The van der Waals surface area contributed by atoms with Gasteiger partial charge in [-0.25, -0.2) is 0 Å². The molecule has 0 saturated carbocycles. The first-order valence-electron chi connectivity index (χ1n) is 13.4. The van der Waals surface area contributed by atoms with Gasteiger partial charge < -0.3 is 43.2 Å². The first-order chi connectivity index (χ1) is 17.4. The molecule has 0 bridgehead atoms. The van der Waals surface area contributed by atoms with Crippen molar-refractivity contribution in [3.8, 4) is 0 Å². The predicted molar refractivity (Wildman–Crippen MR) is 137 cm³/mol. The Hall–Kier alpha value is -0.0700. The highest BCUT2D eigenvalue weighted by Crippen LogP contribution is 2.06. The minimum absolute atomic E-state index is 0.381. The van der Waals surface area contributed by atoms with Crippen molar-refractivity contribution in [2.45, 2.75) is 44.6 Å². The van der Waals surface area contributed by atoms with Crippen LogP contribution < -0.4 is 5.32 Å². The Kier molecular flexibility index (Phi) is 26.8. The maximum Gasteiger partial charge on any atom is 0.0704 e. The minimum atomic E-state index is 0.381. The van der Waals surface area contributed by atoms with Gasteiger partial charge in [0.25, 0.3) is 0 Å². The average molecular weight is 528 g/mol. The fourth-order valence-electron chi connectivity index (χ4n) is 3.31. The number of nitrogens with one attached hydrogen (secondary N) is 1. The van der Waals surface area contributed by atoms with Crippen LogP contribution in [0.1, 0.15) is 38.5 Å². The van der Waals surface area contributed by atoms with E-state index >= 15 is 0 Å². The molecular weight excluding hydrogens is 478 g/mol. The second kappa shape index (κ2) is 28.5. The summed E-state index contributed by atoms with van der Waals surface area (Å²) in [6, 6.07) is 0. The average Bonchev–Trinajstić information content (AvgIpc) is 2.89. The molecule has 9 nitrogen and oxygen atoms in total. The second-order valence-electron chi connectivity index (χ2n) is 8.21. The molecule has 1 heterocycles. The number of alkyl halides is 1. The molecule has 0 aromatic heterocycles. The van der Waals surface area contributed by atoms with Crippen LogP contribution in [-0.4, -0.2) is 124 Å². The zero-order valence-corrected chi connectivity index (χ0v) is 22.4. The first-order valence-corrected chi connectivity index (χ1v) is 13.9. The van der Waals surface area contributed by atoms with E-state index in [4.69, 9.17) is 49.5 Å². The molecule has 1 aliphatic heterocycles. The summed E-state index contributed by atoms with van der Waals surface area (Å²) >= 11 is 5.64. The molecule has 0 radical (unpaired) electrons. The van der Waals surface area contributed by atoms with Gasteiger partial charge in [0.15, 0.2) is 0 Å². The van der Waals surface area contributed by atoms with E-state index in [0.717, 1.165) is 51.3 Å². The molecule has 35 heavy (non-hydrogen) atoms. The van der Waals surface area contributed by atoms with Crippen LogP contribution >= 0.6 is 11.6 Å². The quantitative estimate of drug-likeness (QED) is 0.122. The Morgan fingerprint density at radius 3 is 1.26 bits per heavy atom. The molecule has 0 atom stereocenters. The summed E-state index contributed by atoms with van der Waals surface area (Å²) in [5.74, 6) is 0.751. The van der Waals surface area contributed by atoms with Crippen LogP contribution in [0, 0.1) is 0 Å². The van der Waals surface area contributed by atoms with Crippen molar-refractivity contribution in [3.05, 3.63) is 0 Å². The molecule has 0 unspecified atom stereocenters. The standard InChI is InChI=1S/C25H50ClNO8/c26-7-3-1-2-4-10-28-11-12-29-13-14-30-15-16-31-17-18-32-19-20-33-21-22-34-23-24-35-25-5-8-27-9-6-25/h25,27H,1-24H2. The van der Waals surface area contributed by atoms with Gasteiger partial charge in [0.1, 0.15) is 0 Å². The molecule has 0 aliphatic carbocycles. The van der Waals surface area contributed by atoms with Gasteiger partial charge in [-0.1, -0.05) is 12.8 Å². The van der Waals surface area contributed by atoms with E-state index in [0.29, 0.717) is 98.6 Å². The number of unbranched alkanes of at least 4 members (excludes halogenated alkanes) is 3. The van der Waals surface area contributed by atoms with Gasteiger partial charge in [0.2, 0.25) is 0 Å². The third-order valence-corrected chi connectivity index (χ3v) is 5.54. The van der Waals surface area contributed by atoms with Gasteiger partial charge in [0.05, 0.1) is 98.6 Å². The molecule has 210 valence electrons.